The number of likely N-dealkylation sites (N-methyl/N-ethyl adjacent to an activating group) is 3. The van der Waals surface area contributed by atoms with Crippen molar-refractivity contribution in [2.45, 2.75) is 204 Å². The van der Waals surface area contributed by atoms with Crippen molar-refractivity contribution in [3.05, 3.63) is 71.6 Å². The molecule has 6 N–H and O–H groups in total. The number of aromatic amines is 2. The standard InChI is InChI=1S/C33H46FN5O6.C24H31FN4O3.C10H20N2O3/c1-19(37(5)31(42)45-33(2,3)4)29(40)36-27(20-10-8-7-9-11-20)30(41)38-15-14-26-28(38)24(18-39(26)32(43)44-6)23-17-35-25-16-21(34)12-13-22(23)25;1-32-24(31)29-13-18(17-12-27-19-11-15(25)7-8-16(17)19)22-20(29)9-10-28(22)23(30)21(26)14-5-3-2-4-6-14;1-7(11-5)8(13)12(6)9(14)15-10(2,3)4/h12-13,16-17,19-20,24,26-28,35H,7-11,14-15,18H2,1-6H3,(H,36,40);7-8,11-12,14,18,20-22,27H,2-6,9-10,13,26H2,1H3;7,11H,1-6H3/t19-,24+,26+,27-,28+;18-,20-,21+,22-;/m01./s1. The van der Waals surface area contributed by atoms with Crippen LogP contribution in [0.3, 0.4) is 0 Å². The van der Waals surface area contributed by atoms with E-state index in [0.29, 0.717) is 50.1 Å². The van der Waals surface area contributed by atoms with Gasteiger partial charge in [-0.05, 0) is 160 Å². The van der Waals surface area contributed by atoms with Gasteiger partial charge in [-0.2, -0.15) is 0 Å². The van der Waals surface area contributed by atoms with E-state index in [1.807, 2.05) is 22.2 Å². The molecule has 4 saturated heterocycles. The number of ether oxygens (including phenoxy) is 4. The molecule has 0 spiro atoms. The molecule has 92 heavy (non-hydrogen) atoms. The highest BCUT2D eigenvalue weighted by Crippen LogP contribution is 2.46. The van der Waals surface area contributed by atoms with E-state index in [0.717, 1.165) is 84.6 Å². The van der Waals surface area contributed by atoms with Crippen LogP contribution in [0.1, 0.15) is 155 Å². The number of hydrogen-bond donors (Lipinski definition) is 5. The third-order valence-electron chi connectivity index (χ3n) is 19.4. The van der Waals surface area contributed by atoms with Gasteiger partial charge in [0, 0.05) is 86.3 Å². The summed E-state index contributed by atoms with van der Waals surface area (Å²) in [4.78, 5) is 119. The van der Waals surface area contributed by atoms with Gasteiger partial charge in [-0.15, -0.1) is 0 Å². The van der Waals surface area contributed by atoms with Gasteiger partial charge < -0.3 is 64.9 Å². The van der Waals surface area contributed by atoms with Gasteiger partial charge in [-0.1, -0.05) is 38.5 Å². The average Bonchev–Trinajstić information content (AvgIpc) is 1.59. The molecule has 2 aromatic heterocycles. The maximum atomic E-state index is 14.6. The minimum absolute atomic E-state index is 0.00741. The Labute approximate surface area is 538 Å². The van der Waals surface area contributed by atoms with Crippen LogP contribution in [0.5, 0.6) is 0 Å². The first-order valence-electron chi connectivity index (χ1n) is 32.5. The summed E-state index contributed by atoms with van der Waals surface area (Å²) in [5.41, 5.74) is 8.44. The lowest BCUT2D eigenvalue weighted by Gasteiger charge is -2.37. The molecule has 6 heterocycles. The Morgan fingerprint density at radius 1 is 0.620 bits per heavy atom. The maximum absolute atomic E-state index is 14.6. The van der Waals surface area contributed by atoms with Crippen LogP contribution in [0, 0.1) is 23.5 Å². The Morgan fingerprint density at radius 2 is 1.05 bits per heavy atom. The number of imide groups is 1. The number of nitrogens with two attached hydrogens (primary N) is 1. The Hall–Kier alpha value is -7.54. The molecule has 2 aromatic carbocycles. The molecule has 23 nitrogen and oxygen atoms in total. The molecular formula is C67H97F2N11O12. The summed E-state index contributed by atoms with van der Waals surface area (Å²) in [7, 11) is 7.31. The third kappa shape index (κ3) is 15.7. The number of aromatic nitrogens is 2. The SMILES string of the molecule is CNC(C)C(=O)N(C)C(=O)OC(C)(C)C.COC(=O)N1C[C@H](c2c[nH]c3cc(F)ccc23)[C@@H]2[C@H]1CCN2C(=O)[C@@H](N)C1CCCCC1.COC(=O)N1C[C@H](c2c[nH]c3cc(F)ccc23)[C@@H]2[C@H]1CCN2C(=O)[C@@H](NC(=O)[C@H](C)N(C)C(=O)OC(C)(C)C)C1CCCCC1. The van der Waals surface area contributed by atoms with E-state index in [4.69, 9.17) is 24.7 Å². The van der Waals surface area contributed by atoms with Crippen molar-refractivity contribution in [1.82, 2.24) is 50.0 Å². The number of methoxy groups -OCH3 is 2. The van der Waals surface area contributed by atoms with Crippen LogP contribution < -0.4 is 16.4 Å². The van der Waals surface area contributed by atoms with E-state index in [1.165, 1.54) is 63.9 Å². The van der Waals surface area contributed by atoms with E-state index in [9.17, 15) is 47.1 Å². The number of nitrogens with zero attached hydrogens (tertiary/aromatic N) is 6. The van der Waals surface area contributed by atoms with Gasteiger partial charge in [-0.25, -0.2) is 32.9 Å². The fourth-order valence-electron chi connectivity index (χ4n) is 14.4. The van der Waals surface area contributed by atoms with Crippen molar-refractivity contribution in [2.24, 2.45) is 17.6 Å². The van der Waals surface area contributed by atoms with Crippen molar-refractivity contribution in [3.8, 4) is 0 Å². The van der Waals surface area contributed by atoms with Crippen LogP contribution in [0.25, 0.3) is 21.8 Å². The zero-order valence-electron chi connectivity index (χ0n) is 55.8. The van der Waals surface area contributed by atoms with Crippen molar-refractivity contribution in [2.75, 3.05) is 61.5 Å². The highest BCUT2D eigenvalue weighted by Gasteiger charge is 2.56. The van der Waals surface area contributed by atoms with E-state index >= 15 is 0 Å². The van der Waals surface area contributed by atoms with Crippen LogP contribution in [-0.4, -0.2) is 208 Å². The predicted molar refractivity (Wildman–Crippen MR) is 342 cm³/mol. The first-order chi connectivity index (χ1) is 43.5. The minimum atomic E-state index is -0.870. The quantitative estimate of drug-likeness (QED) is 0.0877. The molecule has 10 atom stereocenters. The molecule has 25 heteroatoms. The molecule has 506 valence electrons. The van der Waals surface area contributed by atoms with Crippen molar-refractivity contribution >= 4 is 69.8 Å². The monoisotopic (exact) mass is 1290 g/mol. The topological polar surface area (TPSA) is 275 Å². The summed E-state index contributed by atoms with van der Waals surface area (Å²) in [6, 6.07) is 5.80. The predicted octanol–water partition coefficient (Wildman–Crippen LogP) is 9.10. The zero-order chi connectivity index (χ0) is 67.3. The lowest BCUT2D eigenvalue weighted by Crippen LogP contribution is -2.58. The van der Waals surface area contributed by atoms with E-state index in [1.54, 1.807) is 84.4 Å². The average molecular weight is 1290 g/mol. The van der Waals surface area contributed by atoms with E-state index < -0.39 is 59.6 Å². The van der Waals surface area contributed by atoms with Crippen molar-refractivity contribution in [3.63, 3.8) is 0 Å². The number of likely N-dealkylation sites (tertiary alicyclic amines) is 4. The van der Waals surface area contributed by atoms with Crippen LogP contribution in [0.15, 0.2) is 48.8 Å². The number of benzene rings is 2. The molecule has 0 bridgehead atoms. The summed E-state index contributed by atoms with van der Waals surface area (Å²) < 4.78 is 48.4. The smallest absolute Gasteiger partial charge is 0.416 e. The largest absolute Gasteiger partial charge is 0.453 e. The zero-order valence-corrected chi connectivity index (χ0v) is 55.8. The third-order valence-corrected chi connectivity index (χ3v) is 19.4. The summed E-state index contributed by atoms with van der Waals surface area (Å²) in [5.74, 6) is -1.77. The van der Waals surface area contributed by atoms with Crippen LogP contribution >= 0.6 is 0 Å². The normalized spacial score (nSPS) is 23.0. The summed E-state index contributed by atoms with van der Waals surface area (Å²) >= 11 is 0. The second kappa shape index (κ2) is 29.6. The number of halogens is 2. The van der Waals surface area contributed by atoms with Crippen LogP contribution in [-0.2, 0) is 38.1 Å². The number of amides is 8. The molecule has 2 aliphatic carbocycles. The number of rotatable bonds is 11. The lowest BCUT2D eigenvalue weighted by molar-refractivity contribution is -0.140. The number of hydrogen-bond acceptors (Lipinski definition) is 14. The fourth-order valence-corrected chi connectivity index (χ4v) is 14.4. The Balaban J connectivity index is 0.000000201. The molecule has 6 fully saturated rings. The first-order valence-corrected chi connectivity index (χ1v) is 32.5. The second-order valence-corrected chi connectivity index (χ2v) is 27.5. The molecule has 1 unspecified atom stereocenters. The number of fused-ring (bicyclic) bond motifs is 4. The molecular weight excluding hydrogens is 1190 g/mol. The molecule has 8 amide bonds. The summed E-state index contributed by atoms with van der Waals surface area (Å²) in [5, 5.41) is 7.55. The minimum Gasteiger partial charge on any atom is -0.453 e. The molecule has 4 aliphatic heterocycles. The van der Waals surface area contributed by atoms with Gasteiger partial charge in [0.2, 0.25) is 23.6 Å². The molecule has 4 aromatic rings. The van der Waals surface area contributed by atoms with Gasteiger partial charge >= 0.3 is 24.4 Å². The lowest BCUT2D eigenvalue weighted by atomic mass is 9.82. The van der Waals surface area contributed by atoms with Gasteiger partial charge in [0.25, 0.3) is 0 Å². The fraction of sp³-hybridized carbons (Fsp3) is 0.642. The summed E-state index contributed by atoms with van der Waals surface area (Å²) in [6.07, 6.45) is 13.0. The van der Waals surface area contributed by atoms with E-state index in [-0.39, 0.29) is 83.3 Å². The van der Waals surface area contributed by atoms with Gasteiger partial charge in [0.15, 0.2) is 0 Å². The first kappa shape index (κ1) is 70.3. The molecule has 6 aliphatic rings. The molecule has 10 rings (SSSR count). The Morgan fingerprint density at radius 3 is 1.49 bits per heavy atom. The number of H-pyrrole nitrogens is 2. The maximum Gasteiger partial charge on any atom is 0.416 e. The molecule has 2 saturated carbocycles. The number of carbonyl (C=O) groups is 8. The number of nitrogens with one attached hydrogen (secondary N) is 4. The highest BCUT2D eigenvalue weighted by molar-refractivity contribution is 5.95. The van der Waals surface area contributed by atoms with Crippen LogP contribution in [0.2, 0.25) is 0 Å². The van der Waals surface area contributed by atoms with Crippen molar-refractivity contribution in [1.29, 1.82) is 0 Å². The van der Waals surface area contributed by atoms with Gasteiger partial charge in [0.05, 0.1) is 50.5 Å². The van der Waals surface area contributed by atoms with Gasteiger partial charge in [-0.3, -0.25) is 24.1 Å². The molecule has 0 radical (unpaired) electrons. The van der Waals surface area contributed by atoms with Crippen LogP contribution in [0.4, 0.5) is 28.0 Å². The van der Waals surface area contributed by atoms with E-state index in [2.05, 4.69) is 20.6 Å². The van der Waals surface area contributed by atoms with Gasteiger partial charge in [0.1, 0.15) is 34.9 Å². The van der Waals surface area contributed by atoms with Crippen molar-refractivity contribution < 1.29 is 66.1 Å². The summed E-state index contributed by atoms with van der Waals surface area (Å²) in [6.45, 7) is 15.6. The highest BCUT2D eigenvalue weighted by atomic mass is 19.1. The second-order valence-electron chi connectivity index (χ2n) is 27.5. The number of carbonyl (C=O) groups excluding carboxylic acids is 8. The Bertz CT molecular complexity index is 3300. The Kier molecular flexibility index (Phi) is 22.6.